The van der Waals surface area contributed by atoms with Gasteiger partial charge >= 0.3 is 5.97 Å². The van der Waals surface area contributed by atoms with E-state index in [2.05, 4.69) is 10.6 Å². The summed E-state index contributed by atoms with van der Waals surface area (Å²) in [5.41, 5.74) is 1.59. The quantitative estimate of drug-likeness (QED) is 0.504. The molecule has 0 aliphatic rings. The molecule has 0 heterocycles. The first-order chi connectivity index (χ1) is 11.8. The van der Waals surface area contributed by atoms with Gasteiger partial charge in [0.15, 0.2) is 5.11 Å². The van der Waals surface area contributed by atoms with Crippen LogP contribution in [0.4, 0.5) is 0 Å². The van der Waals surface area contributed by atoms with E-state index in [1.807, 2.05) is 13.0 Å². The summed E-state index contributed by atoms with van der Waals surface area (Å²) in [5.74, 6) is -0.747. The molecule has 0 bridgehead atoms. The van der Waals surface area contributed by atoms with Crippen LogP contribution in [0.2, 0.25) is 0 Å². The molecule has 2 aromatic rings. The van der Waals surface area contributed by atoms with Gasteiger partial charge in [0.05, 0.1) is 6.04 Å². The monoisotopic (exact) mass is 360 g/mol. The lowest BCUT2D eigenvalue weighted by Crippen LogP contribution is -2.47. The van der Waals surface area contributed by atoms with Gasteiger partial charge in [0, 0.05) is 6.42 Å². The molecule has 2 atom stereocenters. The first-order valence-electron chi connectivity index (χ1n) is 7.72. The molecular formula is C18H20N2O4S. The van der Waals surface area contributed by atoms with E-state index < -0.39 is 12.0 Å². The molecular weight excluding hydrogens is 340 g/mol. The van der Waals surface area contributed by atoms with Crippen LogP contribution in [0.3, 0.4) is 0 Å². The summed E-state index contributed by atoms with van der Waals surface area (Å²) in [7, 11) is 0. The van der Waals surface area contributed by atoms with Crippen molar-refractivity contribution in [2.24, 2.45) is 0 Å². The Bertz CT molecular complexity index is 749. The number of carboxylic acid groups (broad SMARTS) is 1. The summed E-state index contributed by atoms with van der Waals surface area (Å²) in [6, 6.07) is 12.0. The molecule has 132 valence electrons. The van der Waals surface area contributed by atoms with Crippen LogP contribution in [-0.4, -0.2) is 32.4 Å². The highest BCUT2D eigenvalue weighted by Gasteiger charge is 2.20. The molecule has 0 amide bonds. The lowest BCUT2D eigenvalue weighted by Gasteiger charge is -2.21. The third kappa shape index (κ3) is 5.65. The van der Waals surface area contributed by atoms with E-state index in [1.165, 1.54) is 12.1 Å². The maximum Gasteiger partial charge on any atom is 0.326 e. The lowest BCUT2D eigenvalue weighted by molar-refractivity contribution is -0.139. The Hall–Kier alpha value is -2.80. The number of hydrogen-bond donors (Lipinski definition) is 5. The number of carboxylic acids is 1. The molecule has 2 rings (SSSR count). The van der Waals surface area contributed by atoms with Gasteiger partial charge in [-0.25, -0.2) is 4.79 Å². The van der Waals surface area contributed by atoms with Crippen molar-refractivity contribution in [3.8, 4) is 11.5 Å². The van der Waals surface area contributed by atoms with Crippen LogP contribution < -0.4 is 10.6 Å². The van der Waals surface area contributed by atoms with Gasteiger partial charge in [0.2, 0.25) is 0 Å². The zero-order valence-electron chi connectivity index (χ0n) is 13.6. The summed E-state index contributed by atoms with van der Waals surface area (Å²) in [6.07, 6.45) is 0.220. The topological polar surface area (TPSA) is 102 Å². The van der Waals surface area contributed by atoms with Gasteiger partial charge in [-0.05, 0) is 54.5 Å². The first kappa shape index (κ1) is 18.5. The number of rotatable bonds is 6. The highest BCUT2D eigenvalue weighted by molar-refractivity contribution is 7.80. The smallest absolute Gasteiger partial charge is 0.326 e. The zero-order chi connectivity index (χ0) is 18.4. The fourth-order valence-corrected chi connectivity index (χ4v) is 2.66. The van der Waals surface area contributed by atoms with Gasteiger partial charge in [0.1, 0.15) is 17.5 Å². The third-order valence-electron chi connectivity index (χ3n) is 3.70. The van der Waals surface area contributed by atoms with Gasteiger partial charge < -0.3 is 26.0 Å². The van der Waals surface area contributed by atoms with Crippen LogP contribution in [0.5, 0.6) is 11.5 Å². The van der Waals surface area contributed by atoms with E-state index in [1.54, 1.807) is 30.3 Å². The molecule has 25 heavy (non-hydrogen) atoms. The van der Waals surface area contributed by atoms with Crippen molar-refractivity contribution in [3.05, 3.63) is 59.7 Å². The van der Waals surface area contributed by atoms with Crippen molar-refractivity contribution < 1.29 is 20.1 Å². The summed E-state index contributed by atoms with van der Waals surface area (Å²) in [5, 5.41) is 34.2. The molecule has 0 fully saturated rings. The van der Waals surface area contributed by atoms with Gasteiger partial charge in [0.25, 0.3) is 0 Å². The molecule has 1 unspecified atom stereocenters. The minimum absolute atomic E-state index is 0.126. The lowest BCUT2D eigenvalue weighted by atomic mass is 10.1. The second-order valence-corrected chi connectivity index (χ2v) is 6.10. The van der Waals surface area contributed by atoms with E-state index in [9.17, 15) is 20.1 Å². The van der Waals surface area contributed by atoms with Crippen molar-refractivity contribution in [2.45, 2.75) is 25.4 Å². The van der Waals surface area contributed by atoms with E-state index in [-0.39, 0.29) is 29.1 Å². The summed E-state index contributed by atoms with van der Waals surface area (Å²) >= 11 is 5.21. The maximum atomic E-state index is 11.5. The number of thiocarbonyl (C=S) groups is 1. The Morgan fingerprint density at radius 1 is 1.08 bits per heavy atom. The SMILES string of the molecule is C[C@@H](NC(=S)NC(Cc1ccc(O)cc1)C(=O)O)c1cccc(O)c1. The van der Waals surface area contributed by atoms with Crippen LogP contribution in [0.25, 0.3) is 0 Å². The normalized spacial score (nSPS) is 12.8. The number of hydrogen-bond acceptors (Lipinski definition) is 4. The summed E-state index contributed by atoms with van der Waals surface area (Å²) in [4.78, 5) is 11.5. The second kappa shape index (κ2) is 8.34. The predicted octanol–water partition coefficient (Wildman–Crippen LogP) is 2.32. The molecule has 0 saturated carbocycles. The molecule has 0 saturated heterocycles. The van der Waals surface area contributed by atoms with Crippen molar-refractivity contribution in [1.29, 1.82) is 0 Å². The van der Waals surface area contributed by atoms with E-state index in [0.717, 1.165) is 11.1 Å². The first-order valence-corrected chi connectivity index (χ1v) is 8.12. The van der Waals surface area contributed by atoms with Crippen LogP contribution in [0, 0.1) is 0 Å². The Morgan fingerprint density at radius 2 is 1.76 bits per heavy atom. The van der Waals surface area contributed by atoms with Gasteiger partial charge in [-0.3, -0.25) is 0 Å². The second-order valence-electron chi connectivity index (χ2n) is 5.70. The van der Waals surface area contributed by atoms with Crippen LogP contribution in [-0.2, 0) is 11.2 Å². The number of benzene rings is 2. The molecule has 0 radical (unpaired) electrons. The third-order valence-corrected chi connectivity index (χ3v) is 3.93. The van der Waals surface area contributed by atoms with E-state index in [4.69, 9.17) is 12.2 Å². The average molecular weight is 360 g/mol. The van der Waals surface area contributed by atoms with Gasteiger partial charge in [-0.1, -0.05) is 24.3 Å². The Kier molecular flexibility index (Phi) is 6.19. The minimum Gasteiger partial charge on any atom is -0.508 e. The Balaban J connectivity index is 1.97. The summed E-state index contributed by atoms with van der Waals surface area (Å²) in [6.45, 7) is 1.86. The number of aliphatic carboxylic acids is 1. The highest BCUT2D eigenvalue weighted by Crippen LogP contribution is 2.17. The highest BCUT2D eigenvalue weighted by atomic mass is 32.1. The predicted molar refractivity (Wildman–Crippen MR) is 98.6 cm³/mol. The maximum absolute atomic E-state index is 11.5. The van der Waals surface area contributed by atoms with E-state index >= 15 is 0 Å². The number of aromatic hydroxyl groups is 2. The molecule has 7 heteroatoms. The fraction of sp³-hybridized carbons (Fsp3) is 0.222. The molecule has 0 aliphatic heterocycles. The van der Waals surface area contributed by atoms with Gasteiger partial charge in [-0.15, -0.1) is 0 Å². The number of carbonyl (C=O) groups is 1. The van der Waals surface area contributed by atoms with Gasteiger partial charge in [-0.2, -0.15) is 0 Å². The van der Waals surface area contributed by atoms with Crippen molar-refractivity contribution in [1.82, 2.24) is 10.6 Å². The van der Waals surface area contributed by atoms with E-state index in [0.29, 0.717) is 0 Å². The molecule has 0 aliphatic carbocycles. The van der Waals surface area contributed by atoms with Crippen LogP contribution in [0.15, 0.2) is 48.5 Å². The molecule has 0 spiro atoms. The van der Waals surface area contributed by atoms with Crippen molar-refractivity contribution >= 4 is 23.3 Å². The summed E-state index contributed by atoms with van der Waals surface area (Å²) < 4.78 is 0. The van der Waals surface area contributed by atoms with Crippen LogP contribution in [0.1, 0.15) is 24.1 Å². The molecule has 6 nitrogen and oxygen atoms in total. The Morgan fingerprint density at radius 3 is 2.36 bits per heavy atom. The molecule has 5 N–H and O–H groups in total. The largest absolute Gasteiger partial charge is 0.508 e. The average Bonchev–Trinajstić information content (AvgIpc) is 2.56. The minimum atomic E-state index is -1.03. The van der Waals surface area contributed by atoms with Crippen molar-refractivity contribution in [3.63, 3.8) is 0 Å². The Labute approximate surface area is 151 Å². The number of nitrogens with one attached hydrogen (secondary N) is 2. The van der Waals surface area contributed by atoms with Crippen LogP contribution >= 0.6 is 12.2 Å². The standard InChI is InChI=1S/C18H20N2O4S/c1-11(13-3-2-4-15(22)10-13)19-18(25)20-16(17(23)24)9-12-5-7-14(21)8-6-12/h2-8,10-11,16,21-22H,9H2,1H3,(H,23,24)(H2,19,20,25)/t11-,16?/m1/s1. The fourth-order valence-electron chi connectivity index (χ4n) is 2.34. The number of phenols is 2. The number of phenolic OH excluding ortho intramolecular Hbond substituents is 2. The molecule has 2 aromatic carbocycles. The van der Waals surface area contributed by atoms with Crippen molar-refractivity contribution in [2.75, 3.05) is 0 Å². The zero-order valence-corrected chi connectivity index (χ0v) is 14.5. The molecule has 0 aromatic heterocycles.